The van der Waals surface area contributed by atoms with Gasteiger partial charge in [-0.1, -0.05) is 38.0 Å². The molecule has 0 fully saturated rings. The molecule has 0 aromatic heterocycles. The molecule has 3 N–H and O–H groups in total. The van der Waals surface area contributed by atoms with Crippen LogP contribution >= 0.6 is 0 Å². The number of unbranched alkanes of at least 4 members (excludes halogenated alkanes) is 2. The van der Waals surface area contributed by atoms with Crippen LogP contribution in [0.5, 0.6) is 0 Å². The molecule has 0 amide bonds. The molecule has 0 radical (unpaired) electrons. The number of para-hydroxylation sites is 1. The highest BCUT2D eigenvalue weighted by Crippen LogP contribution is 1.97. The molecule has 0 bridgehead atoms. The Morgan fingerprint density at radius 3 is 2.20 bits per heavy atom. The van der Waals surface area contributed by atoms with Gasteiger partial charge in [-0.15, -0.1) is 0 Å². The number of rotatable bonds is 4. The molecule has 84 valence electrons. The molecule has 0 saturated heterocycles. The summed E-state index contributed by atoms with van der Waals surface area (Å²) in [6.07, 6.45) is 3.28. The van der Waals surface area contributed by atoms with Crippen LogP contribution in [0.4, 0.5) is 5.69 Å². The van der Waals surface area contributed by atoms with Crippen molar-refractivity contribution in [2.75, 3.05) is 5.73 Å². The molecule has 0 atom stereocenters. The number of benzene rings is 1. The first-order valence-electron chi connectivity index (χ1n) is 5.19. The highest BCUT2D eigenvalue weighted by molar-refractivity contribution is 5.66. The van der Waals surface area contributed by atoms with Gasteiger partial charge in [0.15, 0.2) is 0 Å². The Balaban J connectivity index is 0.000000262. The summed E-state index contributed by atoms with van der Waals surface area (Å²) >= 11 is 0. The van der Waals surface area contributed by atoms with Gasteiger partial charge in [0.25, 0.3) is 0 Å². The first kappa shape index (κ1) is 13.5. The molecule has 15 heavy (non-hydrogen) atoms. The van der Waals surface area contributed by atoms with E-state index in [1.54, 1.807) is 0 Å². The van der Waals surface area contributed by atoms with Crippen molar-refractivity contribution < 1.29 is 9.90 Å². The van der Waals surface area contributed by atoms with Gasteiger partial charge < -0.3 is 10.8 Å². The lowest BCUT2D eigenvalue weighted by molar-refractivity contribution is -0.137. The zero-order chi connectivity index (χ0) is 11.5. The van der Waals surface area contributed by atoms with Gasteiger partial charge in [-0.25, -0.2) is 0 Å². The number of carboxylic acid groups (broad SMARTS) is 1. The number of nitrogen functional groups attached to an aromatic ring is 1. The molecule has 1 aromatic rings. The number of aliphatic carboxylic acids is 1. The van der Waals surface area contributed by atoms with Crippen LogP contribution < -0.4 is 5.73 Å². The van der Waals surface area contributed by atoms with Crippen molar-refractivity contribution in [3.8, 4) is 0 Å². The predicted octanol–water partition coefficient (Wildman–Crippen LogP) is 2.92. The number of nitrogens with two attached hydrogens (primary N) is 1. The summed E-state index contributed by atoms with van der Waals surface area (Å²) in [5.41, 5.74) is 6.18. The van der Waals surface area contributed by atoms with Crippen molar-refractivity contribution in [3.63, 3.8) is 0 Å². The molecular formula is C12H19NO2. The van der Waals surface area contributed by atoms with Gasteiger partial charge in [0.1, 0.15) is 0 Å². The number of hydrogen-bond acceptors (Lipinski definition) is 2. The Hall–Kier alpha value is -1.51. The number of carboxylic acids is 1. The number of hydrogen-bond donors (Lipinski definition) is 2. The zero-order valence-electron chi connectivity index (χ0n) is 9.15. The smallest absolute Gasteiger partial charge is 0.303 e. The normalized spacial score (nSPS) is 8.87. The maximum Gasteiger partial charge on any atom is 0.303 e. The van der Waals surface area contributed by atoms with Crippen LogP contribution in [0.25, 0.3) is 0 Å². The van der Waals surface area contributed by atoms with Gasteiger partial charge in [0, 0.05) is 12.1 Å². The Labute approximate surface area is 90.9 Å². The number of anilines is 1. The van der Waals surface area contributed by atoms with Gasteiger partial charge in [-0.2, -0.15) is 0 Å². The van der Waals surface area contributed by atoms with Crippen LogP contribution in [0.15, 0.2) is 30.3 Å². The average Bonchev–Trinajstić information content (AvgIpc) is 2.20. The van der Waals surface area contributed by atoms with Crippen molar-refractivity contribution in [1.82, 2.24) is 0 Å². The van der Waals surface area contributed by atoms with E-state index in [-0.39, 0.29) is 0 Å². The fraction of sp³-hybridized carbons (Fsp3) is 0.417. The van der Waals surface area contributed by atoms with Gasteiger partial charge in [0.05, 0.1) is 0 Å². The third-order valence-corrected chi connectivity index (χ3v) is 1.79. The second-order valence-corrected chi connectivity index (χ2v) is 3.26. The molecule has 1 aromatic carbocycles. The Morgan fingerprint density at radius 2 is 1.87 bits per heavy atom. The Kier molecular flexibility index (Phi) is 8.15. The van der Waals surface area contributed by atoms with E-state index in [0.29, 0.717) is 6.42 Å². The lowest BCUT2D eigenvalue weighted by Crippen LogP contribution is -1.92. The number of carbonyl (C=O) groups is 1. The Morgan fingerprint density at radius 1 is 1.27 bits per heavy atom. The molecule has 0 aliphatic carbocycles. The average molecular weight is 209 g/mol. The van der Waals surface area contributed by atoms with E-state index in [1.807, 2.05) is 30.3 Å². The van der Waals surface area contributed by atoms with E-state index < -0.39 is 5.97 Å². The molecule has 0 saturated carbocycles. The van der Waals surface area contributed by atoms with Crippen molar-refractivity contribution >= 4 is 11.7 Å². The predicted molar refractivity (Wildman–Crippen MR) is 62.6 cm³/mol. The fourth-order valence-electron chi connectivity index (χ4n) is 0.979. The molecule has 0 aliphatic rings. The molecule has 0 aliphatic heterocycles. The van der Waals surface area contributed by atoms with Crippen molar-refractivity contribution in [3.05, 3.63) is 30.3 Å². The third-order valence-electron chi connectivity index (χ3n) is 1.79. The largest absolute Gasteiger partial charge is 0.481 e. The minimum atomic E-state index is -0.682. The van der Waals surface area contributed by atoms with E-state index in [2.05, 4.69) is 6.92 Å². The summed E-state index contributed by atoms with van der Waals surface area (Å²) < 4.78 is 0. The zero-order valence-corrected chi connectivity index (χ0v) is 9.15. The summed E-state index contributed by atoms with van der Waals surface area (Å²) in [6.45, 7) is 2.06. The van der Waals surface area contributed by atoms with Crippen LogP contribution in [0.3, 0.4) is 0 Å². The van der Waals surface area contributed by atoms with Crippen LogP contribution in [0.1, 0.15) is 32.6 Å². The lowest BCUT2D eigenvalue weighted by atomic mass is 10.2. The van der Waals surface area contributed by atoms with Crippen LogP contribution in [-0.4, -0.2) is 11.1 Å². The highest BCUT2D eigenvalue weighted by Gasteiger charge is 1.92. The minimum absolute atomic E-state index is 0.327. The maximum absolute atomic E-state index is 9.87. The first-order valence-corrected chi connectivity index (χ1v) is 5.19. The standard InChI is InChI=1S/C6H7N.C6H12O2/c7-6-4-2-1-3-5-6;1-2-3-4-5-6(7)8/h1-5H,7H2;2-5H2,1H3,(H,7,8). The second kappa shape index (κ2) is 9.06. The highest BCUT2D eigenvalue weighted by atomic mass is 16.4. The first-order chi connectivity index (χ1) is 7.16. The quantitative estimate of drug-likeness (QED) is 0.592. The minimum Gasteiger partial charge on any atom is -0.481 e. The molecule has 1 rings (SSSR count). The second-order valence-electron chi connectivity index (χ2n) is 3.26. The molecule has 3 heteroatoms. The lowest BCUT2D eigenvalue weighted by Gasteiger charge is -1.89. The Bertz CT molecular complexity index is 260. The van der Waals surface area contributed by atoms with Gasteiger partial charge >= 0.3 is 5.97 Å². The summed E-state index contributed by atoms with van der Waals surface area (Å²) in [6, 6.07) is 9.49. The van der Waals surface area contributed by atoms with Gasteiger partial charge in [-0.05, 0) is 18.6 Å². The summed E-state index contributed by atoms with van der Waals surface area (Å²) in [7, 11) is 0. The molecular weight excluding hydrogens is 190 g/mol. The molecule has 0 spiro atoms. The fourth-order valence-corrected chi connectivity index (χ4v) is 0.979. The van der Waals surface area contributed by atoms with Crippen molar-refractivity contribution in [2.24, 2.45) is 0 Å². The van der Waals surface area contributed by atoms with Crippen molar-refractivity contribution in [1.29, 1.82) is 0 Å². The van der Waals surface area contributed by atoms with Crippen LogP contribution in [-0.2, 0) is 4.79 Å². The van der Waals surface area contributed by atoms with E-state index in [9.17, 15) is 4.79 Å². The van der Waals surface area contributed by atoms with Gasteiger partial charge in [0.2, 0.25) is 0 Å². The van der Waals surface area contributed by atoms with E-state index in [0.717, 1.165) is 24.9 Å². The topological polar surface area (TPSA) is 63.3 Å². The summed E-state index contributed by atoms with van der Waals surface area (Å²) in [5.74, 6) is -0.682. The summed E-state index contributed by atoms with van der Waals surface area (Å²) in [4.78, 5) is 9.87. The molecule has 0 heterocycles. The molecule has 3 nitrogen and oxygen atoms in total. The van der Waals surface area contributed by atoms with Crippen molar-refractivity contribution in [2.45, 2.75) is 32.6 Å². The summed E-state index contributed by atoms with van der Waals surface area (Å²) in [5, 5.41) is 8.14. The third kappa shape index (κ3) is 10.4. The van der Waals surface area contributed by atoms with Gasteiger partial charge in [-0.3, -0.25) is 4.79 Å². The van der Waals surface area contributed by atoms with Crippen LogP contribution in [0, 0.1) is 0 Å². The molecule has 0 unspecified atom stereocenters. The van der Waals surface area contributed by atoms with E-state index >= 15 is 0 Å². The van der Waals surface area contributed by atoms with Crippen LogP contribution in [0.2, 0.25) is 0 Å². The maximum atomic E-state index is 9.87. The van der Waals surface area contributed by atoms with E-state index in [1.165, 1.54) is 0 Å². The monoisotopic (exact) mass is 209 g/mol. The van der Waals surface area contributed by atoms with E-state index in [4.69, 9.17) is 10.8 Å². The SMILES string of the molecule is CCCCCC(=O)O.Nc1ccccc1.